The third-order valence-corrected chi connectivity index (χ3v) is 7.80. The van der Waals surface area contributed by atoms with E-state index < -0.39 is 0 Å². The number of fused-ring (bicyclic) bond motifs is 1. The molecule has 2 aromatic rings. The highest BCUT2D eigenvalue weighted by molar-refractivity contribution is 6.32. The number of halogens is 1. The first-order valence-corrected chi connectivity index (χ1v) is 13.8. The topological polar surface area (TPSA) is 92.6 Å². The molecule has 2 saturated carbocycles. The van der Waals surface area contributed by atoms with E-state index in [1.165, 1.54) is 19.3 Å². The van der Waals surface area contributed by atoms with Crippen molar-refractivity contribution in [2.45, 2.75) is 83.3 Å². The van der Waals surface area contributed by atoms with Gasteiger partial charge in [-0.1, -0.05) is 36.9 Å². The van der Waals surface area contributed by atoms with E-state index in [4.69, 9.17) is 21.3 Å². The quantitative estimate of drug-likeness (QED) is 0.460. The van der Waals surface area contributed by atoms with Crippen LogP contribution >= 0.6 is 11.6 Å². The normalized spacial score (nSPS) is 20.9. The molecule has 8 nitrogen and oxygen atoms in total. The predicted octanol–water partition coefficient (Wildman–Crippen LogP) is 5.05. The molecule has 1 atom stereocenters. The van der Waals surface area contributed by atoms with Crippen LogP contribution in [0.2, 0.25) is 5.02 Å². The lowest BCUT2D eigenvalue weighted by atomic mass is 9.96. The number of nitrogens with zero attached hydrogens (tertiary/aromatic N) is 3. The summed E-state index contributed by atoms with van der Waals surface area (Å²) in [5, 5.41) is 10.9. The fourth-order valence-electron chi connectivity index (χ4n) is 5.73. The van der Waals surface area contributed by atoms with E-state index in [0.717, 1.165) is 67.1 Å². The van der Waals surface area contributed by atoms with Crippen molar-refractivity contribution in [1.82, 2.24) is 14.9 Å². The number of benzene rings is 1. The number of anilines is 2. The molecule has 1 amide bonds. The van der Waals surface area contributed by atoms with Gasteiger partial charge in [-0.3, -0.25) is 14.4 Å². The first-order chi connectivity index (χ1) is 17.6. The molecule has 1 aromatic carbocycles. The lowest BCUT2D eigenvalue weighted by Gasteiger charge is -2.24. The van der Waals surface area contributed by atoms with Crippen molar-refractivity contribution in [3.8, 4) is 5.75 Å². The summed E-state index contributed by atoms with van der Waals surface area (Å²) in [6.07, 6.45) is 9.83. The molecule has 1 aromatic heterocycles. The molecule has 0 bridgehead atoms. The maximum absolute atomic E-state index is 13.4. The number of aliphatic imine (C=N–C) groups is 1. The van der Waals surface area contributed by atoms with Gasteiger partial charge in [0.1, 0.15) is 5.75 Å². The van der Waals surface area contributed by atoms with Gasteiger partial charge in [-0.2, -0.15) is 4.98 Å². The zero-order valence-corrected chi connectivity index (χ0v) is 22.1. The zero-order valence-electron chi connectivity index (χ0n) is 21.3. The zero-order chi connectivity index (χ0) is 25.1. The predicted molar refractivity (Wildman–Crippen MR) is 145 cm³/mol. The number of amides is 1. The molecule has 2 aliphatic carbocycles. The average molecular weight is 513 g/mol. The van der Waals surface area contributed by atoms with Crippen LogP contribution in [-0.4, -0.2) is 53.5 Å². The maximum Gasteiger partial charge on any atom is 0.271 e. The standard InChI is InChI=1S/C27H37ClN6O2/c1-3-30-26(35)23-25(32-22-11-7-10-21(22)29-2)33-27(31-19-8-5-4-6-9-19)34(23)16-17-14-18-12-13-36-24(18)20(28)15-17/h14-15,19,22,32H,3-13,16H2,1-2H3,(H,30,35)(H,31,33)/t22-/m0/s1. The number of imidazole rings is 1. The highest BCUT2D eigenvalue weighted by Crippen LogP contribution is 2.36. The second-order valence-electron chi connectivity index (χ2n) is 10.0. The van der Waals surface area contributed by atoms with Crippen molar-refractivity contribution >= 4 is 35.0 Å². The number of carbonyl (C=O) groups excluding carboxylic acids is 1. The van der Waals surface area contributed by atoms with Gasteiger partial charge in [0.2, 0.25) is 5.95 Å². The molecule has 0 radical (unpaired) electrons. The van der Waals surface area contributed by atoms with E-state index in [1.54, 1.807) is 0 Å². The van der Waals surface area contributed by atoms with E-state index in [2.05, 4.69) is 27.0 Å². The smallest absolute Gasteiger partial charge is 0.271 e. The second-order valence-corrected chi connectivity index (χ2v) is 10.4. The van der Waals surface area contributed by atoms with Crippen LogP contribution in [0.4, 0.5) is 11.8 Å². The summed E-state index contributed by atoms with van der Waals surface area (Å²) in [7, 11) is 1.84. The number of rotatable bonds is 8. The Morgan fingerprint density at radius 2 is 2.00 bits per heavy atom. The molecule has 5 rings (SSSR count). The van der Waals surface area contributed by atoms with Crippen molar-refractivity contribution in [2.24, 2.45) is 4.99 Å². The van der Waals surface area contributed by atoms with E-state index in [9.17, 15) is 4.79 Å². The van der Waals surface area contributed by atoms with Gasteiger partial charge in [-0.25, -0.2) is 0 Å². The number of aromatic nitrogens is 2. The number of ether oxygens (including phenoxy) is 1. The molecule has 2 heterocycles. The molecular weight excluding hydrogens is 476 g/mol. The SMILES string of the molecule is CCNC(=O)c1c(N[C@H]2CCCC2=NC)nc(NC2CCCCC2)n1Cc1cc(Cl)c2c(c1)CCO2. The van der Waals surface area contributed by atoms with Crippen molar-refractivity contribution in [3.05, 3.63) is 34.0 Å². The third kappa shape index (κ3) is 5.19. The molecule has 36 heavy (non-hydrogen) atoms. The van der Waals surface area contributed by atoms with Crippen LogP contribution in [0.5, 0.6) is 5.75 Å². The van der Waals surface area contributed by atoms with Crippen LogP contribution in [0.3, 0.4) is 0 Å². The molecule has 194 valence electrons. The minimum absolute atomic E-state index is 0.0978. The molecule has 0 saturated heterocycles. The molecule has 2 fully saturated rings. The molecular formula is C27H37ClN6O2. The van der Waals surface area contributed by atoms with Gasteiger partial charge in [0.05, 0.1) is 24.2 Å². The third-order valence-electron chi connectivity index (χ3n) is 7.52. The number of carbonyl (C=O) groups is 1. The molecule has 1 aliphatic heterocycles. The molecule has 3 N–H and O–H groups in total. The number of hydrogen-bond acceptors (Lipinski definition) is 6. The molecule has 9 heteroatoms. The Kier molecular flexibility index (Phi) is 7.70. The monoisotopic (exact) mass is 512 g/mol. The first-order valence-electron chi connectivity index (χ1n) is 13.4. The van der Waals surface area contributed by atoms with Gasteiger partial charge in [0.15, 0.2) is 11.5 Å². The van der Waals surface area contributed by atoms with Crippen molar-refractivity contribution in [1.29, 1.82) is 0 Å². The van der Waals surface area contributed by atoms with Crippen molar-refractivity contribution in [3.63, 3.8) is 0 Å². The minimum Gasteiger partial charge on any atom is -0.491 e. The van der Waals surface area contributed by atoms with Crippen LogP contribution in [0.15, 0.2) is 17.1 Å². The lowest BCUT2D eigenvalue weighted by Crippen LogP contribution is -2.30. The largest absolute Gasteiger partial charge is 0.491 e. The molecule has 0 spiro atoms. The van der Waals surface area contributed by atoms with Gasteiger partial charge in [-0.15, -0.1) is 0 Å². The van der Waals surface area contributed by atoms with E-state index in [0.29, 0.717) is 42.3 Å². The fourth-order valence-corrected chi connectivity index (χ4v) is 6.05. The number of hydrogen-bond donors (Lipinski definition) is 3. The van der Waals surface area contributed by atoms with Crippen LogP contribution in [0.1, 0.15) is 79.9 Å². The summed E-state index contributed by atoms with van der Waals surface area (Å²) in [5.41, 5.74) is 3.83. The van der Waals surface area contributed by atoms with E-state index in [1.807, 2.05) is 24.6 Å². The van der Waals surface area contributed by atoms with Crippen molar-refractivity contribution in [2.75, 3.05) is 30.8 Å². The second kappa shape index (κ2) is 11.1. The van der Waals surface area contributed by atoms with Crippen molar-refractivity contribution < 1.29 is 9.53 Å². The summed E-state index contributed by atoms with van der Waals surface area (Å²) < 4.78 is 7.72. The summed E-state index contributed by atoms with van der Waals surface area (Å²) in [6.45, 7) is 3.62. The van der Waals surface area contributed by atoms with Crippen LogP contribution in [0, 0.1) is 0 Å². The van der Waals surface area contributed by atoms with Crippen LogP contribution < -0.4 is 20.7 Å². The number of nitrogens with one attached hydrogen (secondary N) is 3. The summed E-state index contributed by atoms with van der Waals surface area (Å²) in [5.74, 6) is 1.99. The van der Waals surface area contributed by atoms with Gasteiger partial charge in [0, 0.05) is 31.8 Å². The summed E-state index contributed by atoms with van der Waals surface area (Å²) >= 11 is 6.57. The highest BCUT2D eigenvalue weighted by atomic mass is 35.5. The Bertz CT molecular complexity index is 1140. The van der Waals surface area contributed by atoms with Gasteiger partial charge < -0.3 is 20.7 Å². The van der Waals surface area contributed by atoms with Crippen LogP contribution in [-0.2, 0) is 13.0 Å². The lowest BCUT2D eigenvalue weighted by molar-refractivity contribution is 0.0948. The Balaban J connectivity index is 1.55. The first kappa shape index (κ1) is 24.9. The fraction of sp³-hybridized carbons (Fsp3) is 0.593. The van der Waals surface area contributed by atoms with Gasteiger partial charge >= 0.3 is 0 Å². The summed E-state index contributed by atoms with van der Waals surface area (Å²) in [4.78, 5) is 22.9. The van der Waals surface area contributed by atoms with Crippen LogP contribution in [0.25, 0.3) is 0 Å². The Hall–Kier alpha value is -2.74. The maximum atomic E-state index is 13.4. The Morgan fingerprint density at radius 3 is 2.78 bits per heavy atom. The van der Waals surface area contributed by atoms with E-state index >= 15 is 0 Å². The Labute approximate surface area is 218 Å². The van der Waals surface area contributed by atoms with E-state index in [-0.39, 0.29) is 11.9 Å². The Morgan fingerprint density at radius 1 is 1.17 bits per heavy atom. The molecule has 0 unspecified atom stereocenters. The highest BCUT2D eigenvalue weighted by Gasteiger charge is 2.30. The van der Waals surface area contributed by atoms with Gasteiger partial charge in [-0.05, 0) is 56.2 Å². The average Bonchev–Trinajstić information content (AvgIpc) is 3.60. The van der Waals surface area contributed by atoms with Gasteiger partial charge in [0.25, 0.3) is 5.91 Å². The summed E-state index contributed by atoms with van der Waals surface area (Å²) in [6, 6.07) is 4.54. The molecule has 3 aliphatic rings. The minimum atomic E-state index is -0.132.